The average molecular weight is 184 g/mol. The highest BCUT2D eigenvalue weighted by atomic mass is 16.2. The van der Waals surface area contributed by atoms with Gasteiger partial charge in [0.25, 0.3) is 0 Å². The molecule has 1 heterocycles. The van der Waals surface area contributed by atoms with Crippen LogP contribution in [0.3, 0.4) is 0 Å². The van der Waals surface area contributed by atoms with E-state index in [2.05, 4.69) is 25.7 Å². The maximum Gasteiger partial charge on any atom is 0.219 e. The summed E-state index contributed by atoms with van der Waals surface area (Å²) in [5, 5.41) is 0. The minimum absolute atomic E-state index is 0.203. The third-order valence-electron chi connectivity index (χ3n) is 2.91. The second-order valence-electron chi connectivity index (χ2n) is 3.95. The number of carbonyl (C=O) groups is 1. The number of hydrogen-bond donors (Lipinski definition) is 0. The molecule has 1 aliphatic heterocycles. The van der Waals surface area contributed by atoms with Gasteiger partial charge in [-0.05, 0) is 20.4 Å². The Hall–Kier alpha value is -0.570. The van der Waals surface area contributed by atoms with Crippen molar-refractivity contribution in [1.29, 1.82) is 0 Å². The Kier molecular flexibility index (Phi) is 3.31. The first-order chi connectivity index (χ1) is 6.06. The van der Waals surface area contributed by atoms with Crippen molar-refractivity contribution in [2.45, 2.75) is 39.8 Å². The zero-order valence-corrected chi connectivity index (χ0v) is 9.08. The fourth-order valence-corrected chi connectivity index (χ4v) is 2.24. The zero-order chi connectivity index (χ0) is 10.0. The molecule has 0 aromatic heterocycles. The maximum absolute atomic E-state index is 11.2. The summed E-state index contributed by atoms with van der Waals surface area (Å²) in [6.07, 6.45) is 0. The van der Waals surface area contributed by atoms with E-state index in [0.717, 1.165) is 19.6 Å². The van der Waals surface area contributed by atoms with Gasteiger partial charge in [-0.3, -0.25) is 9.69 Å². The van der Waals surface area contributed by atoms with Gasteiger partial charge < -0.3 is 4.90 Å². The normalized spacial score (nSPS) is 30.6. The first-order valence-electron chi connectivity index (χ1n) is 5.07. The molecular formula is C10H20N2O. The number of rotatable bonds is 1. The van der Waals surface area contributed by atoms with Gasteiger partial charge in [0.15, 0.2) is 0 Å². The molecule has 13 heavy (non-hydrogen) atoms. The molecule has 1 amide bonds. The van der Waals surface area contributed by atoms with Gasteiger partial charge in [0, 0.05) is 32.1 Å². The monoisotopic (exact) mass is 184 g/mol. The Morgan fingerprint density at radius 3 is 2.08 bits per heavy atom. The van der Waals surface area contributed by atoms with Crippen LogP contribution in [0.1, 0.15) is 27.7 Å². The molecule has 3 nitrogen and oxygen atoms in total. The van der Waals surface area contributed by atoms with Crippen LogP contribution in [-0.2, 0) is 4.79 Å². The van der Waals surface area contributed by atoms with Crippen molar-refractivity contribution in [2.24, 2.45) is 0 Å². The number of amides is 1. The van der Waals surface area contributed by atoms with E-state index in [0.29, 0.717) is 12.1 Å². The fourth-order valence-electron chi connectivity index (χ4n) is 2.24. The van der Waals surface area contributed by atoms with Crippen LogP contribution >= 0.6 is 0 Å². The van der Waals surface area contributed by atoms with Crippen molar-refractivity contribution in [2.75, 3.05) is 19.6 Å². The highest BCUT2D eigenvalue weighted by Gasteiger charge is 2.28. The Morgan fingerprint density at radius 1 is 1.31 bits per heavy atom. The molecule has 1 fully saturated rings. The summed E-state index contributed by atoms with van der Waals surface area (Å²) < 4.78 is 0. The van der Waals surface area contributed by atoms with E-state index in [1.807, 2.05) is 4.90 Å². The summed E-state index contributed by atoms with van der Waals surface area (Å²) in [5.74, 6) is 0.203. The highest BCUT2D eigenvalue weighted by molar-refractivity contribution is 5.73. The minimum atomic E-state index is 0.203. The molecule has 0 aromatic rings. The molecule has 0 unspecified atom stereocenters. The molecule has 1 aliphatic rings. The third kappa shape index (κ3) is 2.21. The summed E-state index contributed by atoms with van der Waals surface area (Å²) >= 11 is 0. The molecule has 0 aliphatic carbocycles. The van der Waals surface area contributed by atoms with Gasteiger partial charge in [-0.15, -0.1) is 0 Å². The largest absolute Gasteiger partial charge is 0.340 e. The van der Waals surface area contributed by atoms with Crippen molar-refractivity contribution < 1.29 is 4.79 Å². The van der Waals surface area contributed by atoms with Crippen LogP contribution in [-0.4, -0.2) is 47.4 Å². The van der Waals surface area contributed by atoms with Crippen LogP contribution in [0.2, 0.25) is 0 Å². The summed E-state index contributed by atoms with van der Waals surface area (Å²) in [4.78, 5) is 15.6. The summed E-state index contributed by atoms with van der Waals surface area (Å²) in [6, 6.07) is 0.996. The van der Waals surface area contributed by atoms with E-state index < -0.39 is 0 Å². The Bertz CT molecular complexity index is 181. The molecule has 0 radical (unpaired) electrons. The van der Waals surface area contributed by atoms with E-state index in [4.69, 9.17) is 0 Å². The molecule has 0 aromatic carbocycles. The molecule has 0 bridgehead atoms. The van der Waals surface area contributed by atoms with Crippen molar-refractivity contribution in [3.8, 4) is 0 Å². The van der Waals surface area contributed by atoms with Crippen LogP contribution in [0.25, 0.3) is 0 Å². The van der Waals surface area contributed by atoms with Gasteiger partial charge in [0.05, 0.1) is 0 Å². The van der Waals surface area contributed by atoms with E-state index >= 15 is 0 Å². The smallest absolute Gasteiger partial charge is 0.219 e. The topological polar surface area (TPSA) is 23.6 Å². The van der Waals surface area contributed by atoms with Crippen molar-refractivity contribution in [3.63, 3.8) is 0 Å². The number of nitrogens with zero attached hydrogens (tertiary/aromatic N) is 2. The lowest BCUT2D eigenvalue weighted by Gasteiger charge is -2.43. The van der Waals surface area contributed by atoms with Gasteiger partial charge in [-0.1, -0.05) is 6.92 Å². The molecule has 1 saturated heterocycles. The van der Waals surface area contributed by atoms with Crippen molar-refractivity contribution >= 4 is 5.91 Å². The fraction of sp³-hybridized carbons (Fsp3) is 0.900. The molecule has 0 N–H and O–H groups in total. The Balaban J connectivity index is 2.61. The van der Waals surface area contributed by atoms with Crippen LogP contribution < -0.4 is 0 Å². The number of likely N-dealkylation sites (N-methyl/N-ethyl adjacent to an activating group) is 1. The summed E-state index contributed by atoms with van der Waals surface area (Å²) in [7, 11) is 0. The van der Waals surface area contributed by atoms with Crippen LogP contribution in [0.5, 0.6) is 0 Å². The van der Waals surface area contributed by atoms with Crippen LogP contribution in [0.4, 0.5) is 0 Å². The van der Waals surface area contributed by atoms with Gasteiger partial charge in [-0.2, -0.15) is 0 Å². The summed E-state index contributed by atoms with van der Waals surface area (Å²) in [5.41, 5.74) is 0. The predicted molar refractivity (Wildman–Crippen MR) is 53.6 cm³/mol. The third-order valence-corrected chi connectivity index (χ3v) is 2.91. The van der Waals surface area contributed by atoms with Gasteiger partial charge in [0.1, 0.15) is 0 Å². The second-order valence-corrected chi connectivity index (χ2v) is 3.95. The van der Waals surface area contributed by atoms with Crippen LogP contribution in [0.15, 0.2) is 0 Å². The van der Waals surface area contributed by atoms with Gasteiger partial charge >= 0.3 is 0 Å². The van der Waals surface area contributed by atoms with Gasteiger partial charge in [0.2, 0.25) is 5.91 Å². The molecule has 3 heteroatoms. The SMILES string of the molecule is CCN1[C@H](C)CN(C(C)=O)C[C@@H]1C. The van der Waals surface area contributed by atoms with Crippen molar-refractivity contribution in [1.82, 2.24) is 9.80 Å². The zero-order valence-electron chi connectivity index (χ0n) is 9.08. The van der Waals surface area contributed by atoms with E-state index in [1.165, 1.54) is 0 Å². The lowest BCUT2D eigenvalue weighted by Crippen LogP contribution is -2.57. The molecule has 0 spiro atoms. The Labute approximate surface area is 80.7 Å². The molecule has 0 saturated carbocycles. The second kappa shape index (κ2) is 4.09. The number of carbonyl (C=O) groups excluding carboxylic acids is 1. The van der Waals surface area contributed by atoms with Crippen molar-refractivity contribution in [3.05, 3.63) is 0 Å². The van der Waals surface area contributed by atoms with E-state index in [-0.39, 0.29) is 5.91 Å². The highest BCUT2D eigenvalue weighted by Crippen LogP contribution is 2.14. The first kappa shape index (κ1) is 10.5. The average Bonchev–Trinajstić information content (AvgIpc) is 2.03. The molecule has 1 rings (SSSR count). The minimum Gasteiger partial charge on any atom is -0.340 e. The maximum atomic E-state index is 11.2. The standard InChI is InChI=1S/C10H20N2O/c1-5-12-8(2)6-11(10(4)13)7-9(12)3/h8-9H,5-7H2,1-4H3/t8-,9+. The lowest BCUT2D eigenvalue weighted by molar-refractivity contribution is -0.133. The molecule has 76 valence electrons. The first-order valence-corrected chi connectivity index (χ1v) is 5.07. The quantitative estimate of drug-likeness (QED) is 0.605. The van der Waals surface area contributed by atoms with E-state index in [9.17, 15) is 4.79 Å². The van der Waals surface area contributed by atoms with E-state index in [1.54, 1.807) is 6.92 Å². The lowest BCUT2D eigenvalue weighted by atomic mass is 10.1. The Morgan fingerprint density at radius 2 is 1.77 bits per heavy atom. The predicted octanol–water partition coefficient (Wildman–Crippen LogP) is 0.947. The number of piperazine rings is 1. The summed E-state index contributed by atoms with van der Waals surface area (Å²) in [6.45, 7) is 11.1. The van der Waals surface area contributed by atoms with Crippen LogP contribution in [0, 0.1) is 0 Å². The van der Waals surface area contributed by atoms with Gasteiger partial charge in [-0.25, -0.2) is 0 Å². The number of hydrogen-bond acceptors (Lipinski definition) is 2. The molecular weight excluding hydrogens is 164 g/mol. The molecule has 2 atom stereocenters.